The van der Waals surface area contributed by atoms with Crippen LogP contribution in [0.1, 0.15) is 66.4 Å². The summed E-state index contributed by atoms with van der Waals surface area (Å²) in [5.74, 6) is -2.16. The average Bonchev–Trinajstić information content (AvgIpc) is 3.42. The number of aliphatic hydroxyl groups is 1. The predicted octanol–water partition coefficient (Wildman–Crippen LogP) is 4.71. The van der Waals surface area contributed by atoms with Crippen LogP contribution in [0.25, 0.3) is 10.4 Å². The third-order valence-corrected chi connectivity index (χ3v) is 6.92. The minimum atomic E-state index is -5.04. The molecule has 1 fully saturated rings. The number of hydrogen-bond acceptors (Lipinski definition) is 7. The van der Waals surface area contributed by atoms with Gasteiger partial charge in [0.15, 0.2) is 5.01 Å². The molecular formula is C23H27F6N5O3S. The van der Waals surface area contributed by atoms with Crippen molar-refractivity contribution in [2.24, 2.45) is 0 Å². The lowest BCUT2D eigenvalue weighted by Gasteiger charge is -2.22. The van der Waals surface area contributed by atoms with Crippen LogP contribution < -0.4 is 10.6 Å². The van der Waals surface area contributed by atoms with E-state index in [0.29, 0.717) is 43.0 Å². The highest BCUT2D eigenvalue weighted by molar-refractivity contribution is 7.17. The highest BCUT2D eigenvalue weighted by Gasteiger charge is 2.40. The molecule has 210 valence electrons. The van der Waals surface area contributed by atoms with Crippen LogP contribution in [-0.2, 0) is 6.18 Å². The van der Waals surface area contributed by atoms with E-state index in [0.717, 1.165) is 6.92 Å². The van der Waals surface area contributed by atoms with Gasteiger partial charge in [-0.2, -0.15) is 26.3 Å². The quantitative estimate of drug-likeness (QED) is 0.419. The molecule has 2 atom stereocenters. The molecule has 2 unspecified atom stereocenters. The number of carbonyl (C=O) groups is 2. The first kappa shape index (κ1) is 29.6. The Morgan fingerprint density at radius 3 is 2.42 bits per heavy atom. The molecule has 0 radical (unpaired) electrons. The zero-order valence-corrected chi connectivity index (χ0v) is 21.7. The molecule has 0 aliphatic carbocycles. The van der Waals surface area contributed by atoms with Gasteiger partial charge in [0, 0.05) is 30.9 Å². The Hall–Kier alpha value is -2.94. The molecule has 1 aliphatic rings. The summed E-state index contributed by atoms with van der Waals surface area (Å²) in [6, 6.07) is -1.96. The minimum absolute atomic E-state index is 0.194. The summed E-state index contributed by atoms with van der Waals surface area (Å²) in [7, 11) is 0. The molecule has 3 N–H and O–H groups in total. The number of nitrogens with zero attached hydrogens (tertiary/aromatic N) is 3. The molecular weight excluding hydrogens is 540 g/mol. The van der Waals surface area contributed by atoms with Crippen molar-refractivity contribution in [1.82, 2.24) is 20.2 Å². The minimum Gasteiger partial charge on any atom is -0.389 e. The van der Waals surface area contributed by atoms with E-state index >= 15 is 0 Å². The van der Waals surface area contributed by atoms with Crippen molar-refractivity contribution in [3.8, 4) is 10.4 Å². The van der Waals surface area contributed by atoms with Gasteiger partial charge in [-0.05, 0) is 46.6 Å². The van der Waals surface area contributed by atoms with Gasteiger partial charge < -0.3 is 20.6 Å². The van der Waals surface area contributed by atoms with Gasteiger partial charge in [-0.25, -0.2) is 9.97 Å². The van der Waals surface area contributed by atoms with E-state index in [9.17, 15) is 41.0 Å². The number of thiazole rings is 1. The summed E-state index contributed by atoms with van der Waals surface area (Å²) < 4.78 is 81.1. The number of carbonyl (C=O) groups excluding carboxylic acids is 2. The van der Waals surface area contributed by atoms with Crippen LogP contribution in [0, 0.1) is 0 Å². The molecule has 0 aromatic carbocycles. The molecule has 15 heteroatoms. The normalized spacial score (nSPS) is 17.4. The van der Waals surface area contributed by atoms with Crippen LogP contribution in [0.15, 0.2) is 12.3 Å². The number of alkyl halides is 6. The average molecular weight is 568 g/mol. The fourth-order valence-electron chi connectivity index (χ4n) is 3.74. The summed E-state index contributed by atoms with van der Waals surface area (Å²) in [5.41, 5.74) is -3.63. The first-order valence-electron chi connectivity index (χ1n) is 11.6. The van der Waals surface area contributed by atoms with Crippen LogP contribution in [0.3, 0.4) is 0 Å². The second-order valence-electron chi connectivity index (χ2n) is 9.70. The summed E-state index contributed by atoms with van der Waals surface area (Å²) >= 11 is 0.521. The van der Waals surface area contributed by atoms with Crippen LogP contribution in [0.2, 0.25) is 0 Å². The maximum atomic E-state index is 14.1. The smallest absolute Gasteiger partial charge is 0.389 e. The molecule has 0 spiro atoms. The van der Waals surface area contributed by atoms with Crippen molar-refractivity contribution in [3.63, 3.8) is 0 Å². The van der Waals surface area contributed by atoms with Crippen LogP contribution in [0.5, 0.6) is 0 Å². The summed E-state index contributed by atoms with van der Waals surface area (Å²) in [5, 5.41) is 13.9. The van der Waals surface area contributed by atoms with Gasteiger partial charge in [0.2, 0.25) is 0 Å². The highest BCUT2D eigenvalue weighted by atomic mass is 32.1. The lowest BCUT2D eigenvalue weighted by molar-refractivity contribution is -0.138. The van der Waals surface area contributed by atoms with Gasteiger partial charge >= 0.3 is 12.4 Å². The number of amides is 2. The standard InChI is InChI=1S/C23H27F6N5O3S/c1-11-6-5-7-34(11)20(36)16-17(38-19(33-16)18(35)31-10-21(3,4)37)13-9-30-15(8-14(13)23(27,28)29)32-12(2)22(24,25)26/h8-9,11-12,37H,5-7,10H2,1-4H3,(H,30,32)(H,31,35). The van der Waals surface area contributed by atoms with Gasteiger partial charge in [-0.3, -0.25) is 9.59 Å². The fraction of sp³-hybridized carbons (Fsp3) is 0.565. The number of rotatable bonds is 7. The third kappa shape index (κ3) is 6.92. The van der Waals surface area contributed by atoms with E-state index < -0.39 is 58.4 Å². The molecule has 38 heavy (non-hydrogen) atoms. The van der Waals surface area contributed by atoms with Crippen molar-refractivity contribution < 1.29 is 41.0 Å². The number of aromatic nitrogens is 2. The number of nitrogens with one attached hydrogen (secondary N) is 2. The molecule has 2 aromatic rings. The van der Waals surface area contributed by atoms with Crippen molar-refractivity contribution >= 4 is 29.0 Å². The summed E-state index contributed by atoms with van der Waals surface area (Å²) in [6.45, 7) is 5.53. The molecule has 1 saturated heterocycles. The molecule has 3 heterocycles. The van der Waals surface area contributed by atoms with Gasteiger partial charge in [0.25, 0.3) is 11.8 Å². The molecule has 0 saturated carbocycles. The zero-order valence-electron chi connectivity index (χ0n) is 20.9. The van der Waals surface area contributed by atoms with E-state index in [1.165, 1.54) is 18.7 Å². The number of hydrogen-bond donors (Lipinski definition) is 3. The Bertz CT molecular complexity index is 1190. The van der Waals surface area contributed by atoms with Crippen molar-refractivity contribution in [2.45, 2.75) is 70.6 Å². The Kier molecular flexibility index (Phi) is 8.32. The fourth-order valence-corrected chi connectivity index (χ4v) is 4.74. The van der Waals surface area contributed by atoms with Gasteiger partial charge in [0.05, 0.1) is 16.0 Å². The number of anilines is 1. The first-order chi connectivity index (χ1) is 17.4. The Morgan fingerprint density at radius 1 is 1.24 bits per heavy atom. The second kappa shape index (κ2) is 10.7. The van der Waals surface area contributed by atoms with E-state index in [2.05, 4.69) is 15.3 Å². The number of likely N-dealkylation sites (tertiary alicyclic amines) is 1. The monoisotopic (exact) mass is 567 g/mol. The first-order valence-corrected chi connectivity index (χ1v) is 12.4. The predicted molar refractivity (Wildman–Crippen MR) is 128 cm³/mol. The third-order valence-electron chi connectivity index (χ3n) is 5.83. The lowest BCUT2D eigenvalue weighted by Crippen LogP contribution is -2.38. The summed E-state index contributed by atoms with van der Waals surface area (Å²) in [6.07, 6.45) is -7.70. The largest absolute Gasteiger partial charge is 0.417 e. The highest BCUT2D eigenvalue weighted by Crippen LogP contribution is 2.42. The Morgan fingerprint density at radius 2 is 1.89 bits per heavy atom. The second-order valence-corrected chi connectivity index (χ2v) is 10.7. The van der Waals surface area contributed by atoms with Crippen LogP contribution in [-0.4, -0.2) is 68.7 Å². The Labute approximate surface area is 218 Å². The van der Waals surface area contributed by atoms with Gasteiger partial charge in [-0.1, -0.05) is 0 Å². The van der Waals surface area contributed by atoms with E-state index in [4.69, 9.17) is 0 Å². The summed E-state index contributed by atoms with van der Waals surface area (Å²) in [4.78, 5) is 35.0. The zero-order chi connectivity index (χ0) is 28.6. The van der Waals surface area contributed by atoms with Crippen molar-refractivity contribution in [3.05, 3.63) is 28.5 Å². The lowest BCUT2D eigenvalue weighted by atomic mass is 10.1. The van der Waals surface area contributed by atoms with Crippen molar-refractivity contribution in [2.75, 3.05) is 18.4 Å². The van der Waals surface area contributed by atoms with E-state index in [1.54, 1.807) is 6.92 Å². The Balaban J connectivity index is 2.12. The maximum Gasteiger partial charge on any atom is 0.417 e. The molecule has 8 nitrogen and oxygen atoms in total. The molecule has 1 aliphatic heterocycles. The SMILES string of the molecule is CC1CCCN1C(=O)c1nc(C(=O)NCC(C)(C)O)sc1-c1cnc(NC(C)C(F)(F)F)cc1C(F)(F)F. The molecule has 2 aromatic heterocycles. The van der Waals surface area contributed by atoms with E-state index in [-0.39, 0.29) is 22.5 Å². The molecule has 2 amide bonds. The molecule has 3 rings (SSSR count). The number of halogens is 6. The molecule has 0 bridgehead atoms. The van der Waals surface area contributed by atoms with Crippen LogP contribution >= 0.6 is 11.3 Å². The van der Waals surface area contributed by atoms with Gasteiger partial charge in [0.1, 0.15) is 17.6 Å². The van der Waals surface area contributed by atoms with Crippen LogP contribution in [0.4, 0.5) is 32.2 Å². The van der Waals surface area contributed by atoms with Gasteiger partial charge in [-0.15, -0.1) is 11.3 Å². The van der Waals surface area contributed by atoms with E-state index in [1.807, 2.05) is 5.32 Å². The topological polar surface area (TPSA) is 107 Å². The maximum absolute atomic E-state index is 14.1. The van der Waals surface area contributed by atoms with Crippen molar-refractivity contribution in [1.29, 1.82) is 0 Å². The number of pyridine rings is 1.